The summed E-state index contributed by atoms with van der Waals surface area (Å²) in [4.78, 5) is 11.4. The van der Waals surface area contributed by atoms with Crippen LogP contribution < -0.4 is 0 Å². The van der Waals surface area contributed by atoms with Gasteiger partial charge in [-0.3, -0.25) is 0 Å². The zero-order valence-electron chi connectivity index (χ0n) is 15.3. The lowest BCUT2D eigenvalue weighted by molar-refractivity contribution is -0.134. The van der Waals surface area contributed by atoms with E-state index in [1.807, 2.05) is 6.92 Å². The van der Waals surface area contributed by atoms with Crippen molar-refractivity contribution in [3.05, 3.63) is 23.8 Å². The van der Waals surface area contributed by atoms with Crippen molar-refractivity contribution in [1.29, 1.82) is 0 Å². The van der Waals surface area contributed by atoms with Crippen LogP contribution in [0.4, 0.5) is 0 Å². The summed E-state index contributed by atoms with van der Waals surface area (Å²) in [5.41, 5.74) is 3.62. The summed E-state index contributed by atoms with van der Waals surface area (Å²) in [5, 5.41) is 0. The van der Waals surface area contributed by atoms with E-state index in [-0.39, 0.29) is 5.97 Å². The first-order valence-electron chi connectivity index (χ1n) is 9.24. The first-order chi connectivity index (χ1) is 10.8. The number of fused-ring (bicyclic) bond motifs is 3. The maximum Gasteiger partial charge on any atom is 0.330 e. The summed E-state index contributed by atoms with van der Waals surface area (Å²) in [5.74, 6) is 2.24. The van der Waals surface area contributed by atoms with E-state index in [9.17, 15) is 4.79 Å². The highest BCUT2D eigenvalue weighted by Crippen LogP contribution is 2.73. The number of carbonyl (C=O) groups is 1. The molecule has 3 fully saturated rings. The van der Waals surface area contributed by atoms with Crippen LogP contribution in [-0.2, 0) is 9.53 Å². The molecule has 5 atom stereocenters. The molecule has 0 spiro atoms. The second kappa shape index (κ2) is 5.79. The van der Waals surface area contributed by atoms with Crippen LogP contribution >= 0.6 is 0 Å². The number of ether oxygens (including phenoxy) is 1. The molecule has 0 aromatic rings. The van der Waals surface area contributed by atoms with Gasteiger partial charge >= 0.3 is 5.97 Å². The van der Waals surface area contributed by atoms with Crippen molar-refractivity contribution in [3.63, 3.8) is 0 Å². The molecule has 3 aliphatic rings. The minimum atomic E-state index is -0.236. The number of hydrogen-bond donors (Lipinski definition) is 0. The van der Waals surface area contributed by atoms with E-state index in [4.69, 9.17) is 4.74 Å². The minimum Gasteiger partial charge on any atom is -0.466 e. The first kappa shape index (κ1) is 16.8. The molecule has 3 saturated carbocycles. The predicted molar refractivity (Wildman–Crippen MR) is 93.9 cm³/mol. The molecule has 3 aliphatic carbocycles. The van der Waals surface area contributed by atoms with Crippen LogP contribution in [0.15, 0.2) is 23.8 Å². The highest BCUT2D eigenvalue weighted by molar-refractivity contribution is 5.82. The Hall–Kier alpha value is -1.05. The van der Waals surface area contributed by atoms with Gasteiger partial charge in [-0.25, -0.2) is 4.79 Å². The molecule has 2 nitrogen and oxygen atoms in total. The van der Waals surface area contributed by atoms with Gasteiger partial charge in [-0.15, -0.1) is 0 Å². The Labute approximate surface area is 141 Å². The Morgan fingerprint density at radius 3 is 2.78 bits per heavy atom. The summed E-state index contributed by atoms with van der Waals surface area (Å²) < 4.78 is 4.74. The largest absolute Gasteiger partial charge is 0.466 e. The second-order valence-corrected chi connectivity index (χ2v) is 8.81. The quantitative estimate of drug-likeness (QED) is 0.400. The molecule has 0 saturated heterocycles. The van der Waals surface area contributed by atoms with Crippen LogP contribution in [-0.4, -0.2) is 13.1 Å². The summed E-state index contributed by atoms with van der Waals surface area (Å²) in [7, 11) is 1.44. The monoisotopic (exact) mass is 316 g/mol. The molecule has 0 unspecified atom stereocenters. The van der Waals surface area contributed by atoms with E-state index in [2.05, 4.69) is 20.4 Å². The van der Waals surface area contributed by atoms with Crippen molar-refractivity contribution in [3.8, 4) is 0 Å². The highest BCUT2D eigenvalue weighted by atomic mass is 16.5. The molecule has 3 rings (SSSR count). The van der Waals surface area contributed by atoms with Crippen molar-refractivity contribution in [1.82, 2.24) is 0 Å². The fraction of sp³-hybridized carbons (Fsp3) is 0.762. The molecule has 23 heavy (non-hydrogen) atoms. The SMILES string of the molecule is C=C1CC[C@@H]2[C@@]3(C)C[C@H]3CC[C@@]2(C)[C@@H]1CC/C(C)=C/C(=O)OC. The zero-order chi connectivity index (χ0) is 16.8. The third-order valence-electron chi connectivity index (χ3n) is 7.52. The van der Waals surface area contributed by atoms with Crippen LogP contribution in [0.5, 0.6) is 0 Å². The molecular weight excluding hydrogens is 284 g/mol. The van der Waals surface area contributed by atoms with Crippen LogP contribution in [0.3, 0.4) is 0 Å². The first-order valence-corrected chi connectivity index (χ1v) is 9.24. The van der Waals surface area contributed by atoms with Gasteiger partial charge in [0.1, 0.15) is 0 Å². The van der Waals surface area contributed by atoms with Gasteiger partial charge in [0.05, 0.1) is 7.11 Å². The number of methoxy groups -OCH3 is 1. The van der Waals surface area contributed by atoms with Crippen molar-refractivity contribution in [2.24, 2.45) is 28.6 Å². The normalized spacial score (nSPS) is 42.7. The standard InChI is InChI=1S/C21H32O2/c1-14(12-19(22)23-5)6-8-17-15(2)7-9-18-20(17,3)11-10-16-13-21(16,18)4/h12,16-18H,2,6-11,13H2,1,3-5H3/b14-12+/t16-,17-,18+,20+,21+/m1/s1. The Morgan fingerprint density at radius 2 is 2.09 bits per heavy atom. The molecule has 128 valence electrons. The third-order valence-corrected chi connectivity index (χ3v) is 7.52. The Bertz CT molecular complexity index is 546. The molecule has 0 aliphatic heterocycles. The summed E-state index contributed by atoms with van der Waals surface area (Å²) in [6.07, 6.45) is 10.5. The molecule has 0 N–H and O–H groups in total. The maximum absolute atomic E-state index is 11.4. The Morgan fingerprint density at radius 1 is 1.35 bits per heavy atom. The molecule has 2 heteroatoms. The lowest BCUT2D eigenvalue weighted by atomic mass is 9.50. The van der Waals surface area contributed by atoms with Crippen LogP contribution in [0.1, 0.15) is 65.7 Å². The van der Waals surface area contributed by atoms with E-state index in [1.165, 1.54) is 44.8 Å². The Balaban J connectivity index is 1.73. The number of allylic oxidation sites excluding steroid dienone is 2. The number of esters is 1. The third kappa shape index (κ3) is 2.79. The number of carbonyl (C=O) groups excluding carboxylic acids is 1. The summed E-state index contributed by atoms with van der Waals surface area (Å²) in [6, 6.07) is 0. The van der Waals surface area contributed by atoms with Gasteiger partial charge in [-0.05, 0) is 80.5 Å². The van der Waals surface area contributed by atoms with Crippen LogP contribution in [0, 0.1) is 28.6 Å². The van der Waals surface area contributed by atoms with Gasteiger partial charge < -0.3 is 4.74 Å². The molecule has 0 heterocycles. The molecule has 0 aromatic heterocycles. The molecule has 0 aromatic carbocycles. The lowest BCUT2D eigenvalue weighted by Crippen LogP contribution is -2.46. The number of rotatable bonds is 4. The molecule has 0 bridgehead atoms. The highest BCUT2D eigenvalue weighted by Gasteiger charge is 2.64. The van der Waals surface area contributed by atoms with E-state index in [0.717, 1.165) is 30.3 Å². The van der Waals surface area contributed by atoms with Gasteiger partial charge in [0, 0.05) is 6.08 Å². The van der Waals surface area contributed by atoms with Gasteiger partial charge in [-0.1, -0.05) is 31.6 Å². The van der Waals surface area contributed by atoms with E-state index in [0.29, 0.717) is 16.7 Å². The van der Waals surface area contributed by atoms with Gasteiger partial charge in [0.25, 0.3) is 0 Å². The average molecular weight is 316 g/mol. The summed E-state index contributed by atoms with van der Waals surface area (Å²) >= 11 is 0. The number of hydrogen-bond acceptors (Lipinski definition) is 2. The Kier molecular flexibility index (Phi) is 4.23. The van der Waals surface area contributed by atoms with Crippen molar-refractivity contribution >= 4 is 5.97 Å². The van der Waals surface area contributed by atoms with Gasteiger partial charge in [0.2, 0.25) is 0 Å². The van der Waals surface area contributed by atoms with Gasteiger partial charge in [-0.2, -0.15) is 0 Å². The fourth-order valence-corrected chi connectivity index (χ4v) is 6.03. The van der Waals surface area contributed by atoms with E-state index in [1.54, 1.807) is 6.08 Å². The second-order valence-electron chi connectivity index (χ2n) is 8.81. The maximum atomic E-state index is 11.4. The molecular formula is C21H32O2. The average Bonchev–Trinajstić information content (AvgIpc) is 3.17. The van der Waals surface area contributed by atoms with E-state index < -0.39 is 0 Å². The lowest BCUT2D eigenvalue weighted by Gasteiger charge is -2.54. The minimum absolute atomic E-state index is 0.236. The van der Waals surface area contributed by atoms with Crippen molar-refractivity contribution in [2.75, 3.05) is 7.11 Å². The van der Waals surface area contributed by atoms with Crippen LogP contribution in [0.25, 0.3) is 0 Å². The van der Waals surface area contributed by atoms with Crippen LogP contribution in [0.2, 0.25) is 0 Å². The summed E-state index contributed by atoms with van der Waals surface area (Å²) in [6.45, 7) is 11.5. The molecule has 0 amide bonds. The van der Waals surface area contributed by atoms with Crippen molar-refractivity contribution in [2.45, 2.75) is 65.7 Å². The van der Waals surface area contributed by atoms with Gasteiger partial charge in [0.15, 0.2) is 0 Å². The smallest absolute Gasteiger partial charge is 0.330 e. The topological polar surface area (TPSA) is 26.3 Å². The molecule has 0 radical (unpaired) electrons. The fourth-order valence-electron chi connectivity index (χ4n) is 6.03. The van der Waals surface area contributed by atoms with E-state index >= 15 is 0 Å². The predicted octanol–water partition coefficient (Wildman–Crippen LogP) is 5.29. The zero-order valence-corrected chi connectivity index (χ0v) is 15.3. The van der Waals surface area contributed by atoms with Crippen molar-refractivity contribution < 1.29 is 9.53 Å².